The first kappa shape index (κ1) is 11.7. The van der Waals surface area contributed by atoms with Crippen LogP contribution >= 0.6 is 0 Å². The molecule has 3 fully saturated rings. The Morgan fingerprint density at radius 2 is 2.11 bits per heavy atom. The summed E-state index contributed by atoms with van der Waals surface area (Å²) < 4.78 is 11.8. The maximum absolute atomic E-state index is 6.47. The summed E-state index contributed by atoms with van der Waals surface area (Å²) in [5.74, 6) is 1.45. The minimum Gasteiger partial charge on any atom is -0.490 e. The van der Waals surface area contributed by atoms with Gasteiger partial charge in [0.1, 0.15) is 5.75 Å². The molecule has 19 heavy (non-hydrogen) atoms. The van der Waals surface area contributed by atoms with Crippen LogP contribution in [0.1, 0.15) is 43.7 Å². The molecular formula is C16H21NO2. The van der Waals surface area contributed by atoms with Gasteiger partial charge < -0.3 is 15.2 Å². The molecule has 1 aromatic rings. The molecule has 2 heterocycles. The smallest absolute Gasteiger partial charge is 0.120 e. The van der Waals surface area contributed by atoms with E-state index in [-0.39, 0.29) is 6.04 Å². The molecule has 3 nitrogen and oxygen atoms in total. The van der Waals surface area contributed by atoms with Gasteiger partial charge in [-0.25, -0.2) is 0 Å². The van der Waals surface area contributed by atoms with E-state index in [0.717, 1.165) is 12.2 Å². The number of hydrogen-bond donors (Lipinski definition) is 1. The van der Waals surface area contributed by atoms with Crippen molar-refractivity contribution < 1.29 is 9.47 Å². The van der Waals surface area contributed by atoms with E-state index in [1.807, 2.05) is 6.07 Å². The molecule has 3 heteroatoms. The quantitative estimate of drug-likeness (QED) is 0.904. The fraction of sp³-hybridized carbons (Fsp3) is 0.625. The van der Waals surface area contributed by atoms with Crippen molar-refractivity contribution in [3.05, 3.63) is 29.8 Å². The molecule has 0 aromatic heterocycles. The Bertz CT molecular complexity index is 472. The monoisotopic (exact) mass is 259 g/mol. The number of rotatable bonds is 4. The van der Waals surface area contributed by atoms with Crippen molar-refractivity contribution in [1.82, 2.24) is 0 Å². The summed E-state index contributed by atoms with van der Waals surface area (Å²) >= 11 is 0. The fourth-order valence-corrected chi connectivity index (χ4v) is 3.48. The van der Waals surface area contributed by atoms with Gasteiger partial charge >= 0.3 is 0 Å². The lowest BCUT2D eigenvalue weighted by Crippen LogP contribution is -2.29. The summed E-state index contributed by atoms with van der Waals surface area (Å²) in [6.07, 6.45) is 7.20. The van der Waals surface area contributed by atoms with Crippen LogP contribution in [0.25, 0.3) is 0 Å². The predicted octanol–water partition coefficient (Wildman–Crippen LogP) is 2.80. The molecule has 1 aromatic carbocycles. The van der Waals surface area contributed by atoms with Gasteiger partial charge in [0, 0.05) is 12.0 Å². The Kier molecular flexibility index (Phi) is 2.78. The topological polar surface area (TPSA) is 44.5 Å². The molecule has 2 aliphatic heterocycles. The lowest BCUT2D eigenvalue weighted by atomic mass is 9.81. The highest BCUT2D eigenvalue weighted by Crippen LogP contribution is 2.44. The highest BCUT2D eigenvalue weighted by molar-refractivity contribution is 5.31. The third-order valence-corrected chi connectivity index (χ3v) is 4.68. The molecule has 2 bridgehead atoms. The van der Waals surface area contributed by atoms with E-state index >= 15 is 0 Å². The Labute approximate surface area is 114 Å². The van der Waals surface area contributed by atoms with Gasteiger partial charge in [-0.15, -0.1) is 0 Å². The van der Waals surface area contributed by atoms with Crippen molar-refractivity contribution in [3.63, 3.8) is 0 Å². The number of benzene rings is 1. The van der Waals surface area contributed by atoms with Gasteiger partial charge in [0.25, 0.3) is 0 Å². The average Bonchev–Trinajstić information content (AvgIpc) is 3.01. The molecule has 0 amide bonds. The third-order valence-electron chi connectivity index (χ3n) is 4.68. The first-order valence-electron chi connectivity index (χ1n) is 7.47. The SMILES string of the molecule is NC(c1cccc(OC2CC2)c1)C1CC2CCC1O2. The summed E-state index contributed by atoms with van der Waals surface area (Å²) in [6, 6.07) is 8.41. The Hall–Kier alpha value is -1.06. The zero-order valence-corrected chi connectivity index (χ0v) is 11.1. The van der Waals surface area contributed by atoms with Crippen LogP contribution in [0.5, 0.6) is 5.75 Å². The van der Waals surface area contributed by atoms with Crippen LogP contribution in [0.3, 0.4) is 0 Å². The first-order chi connectivity index (χ1) is 9.29. The zero-order chi connectivity index (χ0) is 12.8. The molecule has 4 unspecified atom stereocenters. The Morgan fingerprint density at radius 1 is 1.21 bits per heavy atom. The highest BCUT2D eigenvalue weighted by atomic mass is 16.5. The molecule has 2 N–H and O–H groups in total. The van der Waals surface area contributed by atoms with Crippen molar-refractivity contribution in [2.45, 2.75) is 56.5 Å². The van der Waals surface area contributed by atoms with Gasteiger partial charge in [-0.3, -0.25) is 0 Å². The standard InChI is InChI=1S/C16H21NO2/c17-16(14-9-13-6-7-15(14)19-13)10-2-1-3-12(8-10)18-11-4-5-11/h1-3,8,11,13-16H,4-7,9,17H2. The number of nitrogens with two attached hydrogens (primary N) is 1. The summed E-state index contributed by atoms with van der Waals surface area (Å²) in [6.45, 7) is 0. The highest BCUT2D eigenvalue weighted by Gasteiger charge is 2.43. The second kappa shape index (κ2) is 4.50. The zero-order valence-electron chi connectivity index (χ0n) is 11.1. The second-order valence-corrected chi connectivity index (χ2v) is 6.19. The van der Waals surface area contributed by atoms with E-state index < -0.39 is 0 Å². The van der Waals surface area contributed by atoms with Gasteiger partial charge in [-0.2, -0.15) is 0 Å². The van der Waals surface area contributed by atoms with E-state index in [0.29, 0.717) is 24.2 Å². The molecule has 2 saturated heterocycles. The summed E-state index contributed by atoms with van der Waals surface area (Å²) in [5, 5.41) is 0. The molecule has 4 rings (SSSR count). The molecule has 0 spiro atoms. The number of ether oxygens (including phenoxy) is 2. The summed E-state index contributed by atoms with van der Waals surface area (Å²) in [7, 11) is 0. The van der Waals surface area contributed by atoms with E-state index in [1.54, 1.807) is 0 Å². The number of fused-ring (bicyclic) bond motifs is 2. The van der Waals surface area contributed by atoms with E-state index in [1.165, 1.54) is 31.2 Å². The van der Waals surface area contributed by atoms with Crippen LogP contribution in [0.15, 0.2) is 24.3 Å². The molecule has 1 aliphatic carbocycles. The van der Waals surface area contributed by atoms with Crippen molar-refractivity contribution in [3.8, 4) is 5.75 Å². The summed E-state index contributed by atoms with van der Waals surface area (Å²) in [4.78, 5) is 0. The van der Waals surface area contributed by atoms with Crippen LogP contribution in [0.2, 0.25) is 0 Å². The second-order valence-electron chi connectivity index (χ2n) is 6.19. The van der Waals surface area contributed by atoms with Crippen molar-refractivity contribution >= 4 is 0 Å². The van der Waals surface area contributed by atoms with E-state index in [4.69, 9.17) is 15.2 Å². The lowest BCUT2D eigenvalue weighted by Gasteiger charge is -2.25. The van der Waals surface area contributed by atoms with Crippen molar-refractivity contribution in [1.29, 1.82) is 0 Å². The minimum atomic E-state index is 0.0815. The molecule has 1 saturated carbocycles. The minimum absolute atomic E-state index is 0.0815. The van der Waals surface area contributed by atoms with Gasteiger partial charge in [-0.1, -0.05) is 12.1 Å². The van der Waals surface area contributed by atoms with Gasteiger partial charge in [0.05, 0.1) is 18.3 Å². The maximum Gasteiger partial charge on any atom is 0.120 e. The fourth-order valence-electron chi connectivity index (χ4n) is 3.48. The van der Waals surface area contributed by atoms with Crippen molar-refractivity contribution in [2.24, 2.45) is 11.7 Å². The Morgan fingerprint density at radius 3 is 2.79 bits per heavy atom. The Balaban J connectivity index is 1.51. The first-order valence-corrected chi connectivity index (χ1v) is 7.47. The van der Waals surface area contributed by atoms with E-state index in [2.05, 4.69) is 18.2 Å². The lowest BCUT2D eigenvalue weighted by molar-refractivity contribution is 0.0884. The molecular weight excluding hydrogens is 238 g/mol. The average molecular weight is 259 g/mol. The molecule has 4 atom stereocenters. The predicted molar refractivity (Wildman–Crippen MR) is 73.0 cm³/mol. The molecule has 0 radical (unpaired) electrons. The van der Waals surface area contributed by atoms with Crippen molar-refractivity contribution in [2.75, 3.05) is 0 Å². The van der Waals surface area contributed by atoms with Crippen LogP contribution in [0.4, 0.5) is 0 Å². The van der Waals surface area contributed by atoms with Gasteiger partial charge in [0.2, 0.25) is 0 Å². The van der Waals surface area contributed by atoms with E-state index in [9.17, 15) is 0 Å². The largest absolute Gasteiger partial charge is 0.490 e. The third kappa shape index (κ3) is 2.26. The van der Waals surface area contributed by atoms with Gasteiger partial charge in [-0.05, 0) is 49.8 Å². The number of hydrogen-bond acceptors (Lipinski definition) is 3. The molecule has 3 aliphatic rings. The molecule has 102 valence electrons. The van der Waals surface area contributed by atoms with Gasteiger partial charge in [0.15, 0.2) is 0 Å². The maximum atomic E-state index is 6.47. The van der Waals surface area contributed by atoms with Crippen LogP contribution in [-0.4, -0.2) is 18.3 Å². The summed E-state index contributed by atoms with van der Waals surface area (Å²) in [5.41, 5.74) is 7.66. The van der Waals surface area contributed by atoms with Crippen LogP contribution < -0.4 is 10.5 Å². The van der Waals surface area contributed by atoms with Crippen LogP contribution in [-0.2, 0) is 4.74 Å². The normalized spacial score (nSPS) is 34.5. The van der Waals surface area contributed by atoms with Crippen LogP contribution in [0, 0.1) is 5.92 Å².